The maximum atomic E-state index is 13.0. The van der Waals surface area contributed by atoms with Crippen LogP contribution in [0.5, 0.6) is 5.75 Å². The highest BCUT2D eigenvalue weighted by Gasteiger charge is 2.24. The van der Waals surface area contributed by atoms with E-state index >= 15 is 0 Å². The normalized spacial score (nSPS) is 14.5. The van der Waals surface area contributed by atoms with Gasteiger partial charge in [-0.25, -0.2) is 4.79 Å². The van der Waals surface area contributed by atoms with Crippen LogP contribution in [-0.2, 0) is 4.74 Å². The number of aryl methyl sites for hydroxylation is 1. The van der Waals surface area contributed by atoms with E-state index in [9.17, 15) is 9.59 Å². The summed E-state index contributed by atoms with van der Waals surface area (Å²) in [5, 5.41) is 0.913. The summed E-state index contributed by atoms with van der Waals surface area (Å²) in [7, 11) is 1.59. The summed E-state index contributed by atoms with van der Waals surface area (Å²) in [4.78, 5) is 29.0. The molecule has 2 aromatic heterocycles. The van der Waals surface area contributed by atoms with Crippen molar-refractivity contribution in [3.8, 4) is 5.75 Å². The van der Waals surface area contributed by atoms with Crippen LogP contribution in [0.25, 0.3) is 10.2 Å². The van der Waals surface area contributed by atoms with Crippen molar-refractivity contribution >= 4 is 33.4 Å². The number of benzene rings is 1. The summed E-state index contributed by atoms with van der Waals surface area (Å²) in [6.45, 7) is 4.19. The number of carbonyl (C=O) groups is 2. The predicted octanol–water partition coefficient (Wildman–Crippen LogP) is 3.55. The van der Waals surface area contributed by atoms with E-state index in [0.29, 0.717) is 42.5 Å². The number of aromatic nitrogens is 1. The number of methoxy groups -OCH3 is 1. The van der Waals surface area contributed by atoms with Gasteiger partial charge in [0.25, 0.3) is 0 Å². The first kappa shape index (κ1) is 17.8. The Morgan fingerprint density at radius 3 is 2.48 bits per heavy atom. The number of ketones is 1. The van der Waals surface area contributed by atoms with Gasteiger partial charge in [0.1, 0.15) is 10.6 Å². The third-order valence-electron chi connectivity index (χ3n) is 4.71. The van der Waals surface area contributed by atoms with Crippen molar-refractivity contribution in [2.75, 3.05) is 33.4 Å². The third-order valence-corrected chi connectivity index (χ3v) is 5.84. The molecule has 0 N–H and O–H groups in total. The Kier molecular flexibility index (Phi) is 4.72. The van der Waals surface area contributed by atoms with Gasteiger partial charge in [-0.2, -0.15) is 0 Å². The van der Waals surface area contributed by atoms with E-state index in [1.807, 2.05) is 19.1 Å². The Morgan fingerprint density at radius 1 is 1.11 bits per heavy atom. The average molecular weight is 384 g/mol. The summed E-state index contributed by atoms with van der Waals surface area (Å²) < 4.78 is 12.2. The SMILES string of the molecule is COc1ccc(C(=O)c2cc3cc(C)n(C(=O)N4CCOCC4)c3s2)cc1. The lowest BCUT2D eigenvalue weighted by molar-refractivity contribution is 0.0537. The average Bonchev–Trinajstić information content (AvgIpc) is 3.24. The van der Waals surface area contributed by atoms with Gasteiger partial charge in [0.05, 0.1) is 25.2 Å². The minimum atomic E-state index is -0.0592. The van der Waals surface area contributed by atoms with Crippen LogP contribution >= 0.6 is 11.3 Å². The van der Waals surface area contributed by atoms with Crippen molar-refractivity contribution in [2.45, 2.75) is 6.92 Å². The highest BCUT2D eigenvalue weighted by atomic mass is 32.1. The van der Waals surface area contributed by atoms with Gasteiger partial charge >= 0.3 is 6.03 Å². The number of carbonyl (C=O) groups excluding carboxylic acids is 2. The fourth-order valence-corrected chi connectivity index (χ4v) is 4.41. The molecule has 0 aliphatic carbocycles. The van der Waals surface area contributed by atoms with Crippen LogP contribution < -0.4 is 4.74 Å². The molecule has 3 heterocycles. The monoisotopic (exact) mass is 384 g/mol. The molecule has 0 spiro atoms. The molecule has 1 saturated heterocycles. The van der Waals surface area contributed by atoms with Gasteiger partial charge in [0, 0.05) is 29.7 Å². The molecule has 1 aliphatic heterocycles. The molecule has 1 amide bonds. The lowest BCUT2D eigenvalue weighted by atomic mass is 10.1. The quantitative estimate of drug-likeness (QED) is 0.648. The van der Waals surface area contributed by atoms with E-state index in [4.69, 9.17) is 9.47 Å². The zero-order valence-electron chi connectivity index (χ0n) is 15.2. The molecule has 4 rings (SSSR count). The van der Waals surface area contributed by atoms with Crippen LogP contribution in [0.2, 0.25) is 0 Å². The van der Waals surface area contributed by atoms with Gasteiger partial charge in [-0.1, -0.05) is 0 Å². The molecule has 1 fully saturated rings. The molecule has 0 saturated carbocycles. The molecule has 1 aromatic carbocycles. The van der Waals surface area contributed by atoms with Gasteiger partial charge < -0.3 is 14.4 Å². The van der Waals surface area contributed by atoms with Crippen LogP contribution in [0.4, 0.5) is 4.79 Å². The molecule has 7 heteroatoms. The van der Waals surface area contributed by atoms with Crippen LogP contribution in [0.3, 0.4) is 0 Å². The summed E-state index contributed by atoms with van der Waals surface area (Å²) in [6.07, 6.45) is 0. The first-order valence-electron chi connectivity index (χ1n) is 8.76. The fourth-order valence-electron chi connectivity index (χ4n) is 3.25. The Hall–Kier alpha value is -2.64. The summed E-state index contributed by atoms with van der Waals surface area (Å²) in [6, 6.07) is 10.8. The van der Waals surface area contributed by atoms with Crippen molar-refractivity contribution < 1.29 is 19.1 Å². The standard InChI is InChI=1S/C20H20N2O4S/c1-13-11-15-12-17(18(23)14-3-5-16(25-2)6-4-14)27-19(15)22(13)20(24)21-7-9-26-10-8-21/h3-6,11-12H,7-10H2,1-2H3. The molecule has 27 heavy (non-hydrogen) atoms. The van der Waals surface area contributed by atoms with E-state index < -0.39 is 0 Å². The summed E-state index contributed by atoms with van der Waals surface area (Å²) >= 11 is 1.35. The molecule has 0 atom stereocenters. The number of hydrogen-bond acceptors (Lipinski definition) is 5. The minimum Gasteiger partial charge on any atom is -0.497 e. The number of thiophene rings is 1. The number of nitrogens with zero attached hydrogens (tertiary/aromatic N) is 2. The second-order valence-electron chi connectivity index (χ2n) is 6.43. The maximum Gasteiger partial charge on any atom is 0.329 e. The van der Waals surface area contributed by atoms with E-state index in [0.717, 1.165) is 15.9 Å². The topological polar surface area (TPSA) is 60.8 Å². The Bertz CT molecular complexity index is 997. The second-order valence-corrected chi connectivity index (χ2v) is 7.46. The lowest BCUT2D eigenvalue weighted by Crippen LogP contribution is -2.43. The van der Waals surface area contributed by atoms with Crippen LogP contribution in [0.1, 0.15) is 20.9 Å². The maximum absolute atomic E-state index is 13.0. The molecule has 140 valence electrons. The van der Waals surface area contributed by atoms with Crippen molar-refractivity contribution in [2.24, 2.45) is 0 Å². The van der Waals surface area contributed by atoms with Gasteiger partial charge in [-0.15, -0.1) is 11.3 Å². The fraction of sp³-hybridized carbons (Fsp3) is 0.300. The smallest absolute Gasteiger partial charge is 0.329 e. The van der Waals surface area contributed by atoms with Gasteiger partial charge in [-0.3, -0.25) is 9.36 Å². The molecule has 3 aromatic rings. The predicted molar refractivity (Wildman–Crippen MR) is 104 cm³/mol. The highest BCUT2D eigenvalue weighted by Crippen LogP contribution is 2.31. The first-order chi connectivity index (χ1) is 13.1. The van der Waals surface area contributed by atoms with Gasteiger partial charge in [0.2, 0.25) is 5.78 Å². The number of fused-ring (bicyclic) bond motifs is 1. The largest absolute Gasteiger partial charge is 0.497 e. The molecular weight excluding hydrogens is 364 g/mol. The third kappa shape index (κ3) is 3.24. The number of morpholine rings is 1. The van der Waals surface area contributed by atoms with Crippen molar-refractivity contribution in [1.29, 1.82) is 0 Å². The summed E-state index contributed by atoms with van der Waals surface area (Å²) in [5.74, 6) is 0.656. The zero-order valence-corrected chi connectivity index (χ0v) is 16.0. The van der Waals surface area contributed by atoms with Crippen LogP contribution in [-0.4, -0.2) is 54.7 Å². The van der Waals surface area contributed by atoms with Crippen molar-refractivity contribution in [1.82, 2.24) is 9.47 Å². The van der Waals surface area contributed by atoms with Crippen LogP contribution in [0, 0.1) is 6.92 Å². The van der Waals surface area contributed by atoms with Gasteiger partial charge in [-0.05, 0) is 43.3 Å². The number of amides is 1. The molecule has 1 aliphatic rings. The first-order valence-corrected chi connectivity index (χ1v) is 9.58. The van der Waals surface area contributed by atoms with Gasteiger partial charge in [0.15, 0.2) is 0 Å². The molecule has 0 unspecified atom stereocenters. The van der Waals surface area contributed by atoms with E-state index in [-0.39, 0.29) is 11.8 Å². The summed E-state index contributed by atoms with van der Waals surface area (Å²) in [5.41, 5.74) is 1.47. The van der Waals surface area contributed by atoms with E-state index in [1.165, 1.54) is 11.3 Å². The van der Waals surface area contributed by atoms with E-state index in [1.54, 1.807) is 40.8 Å². The second kappa shape index (κ2) is 7.17. The minimum absolute atomic E-state index is 0.0538. The molecule has 0 bridgehead atoms. The molecule has 0 radical (unpaired) electrons. The van der Waals surface area contributed by atoms with E-state index in [2.05, 4.69) is 0 Å². The molecule has 6 nitrogen and oxygen atoms in total. The Labute approximate surface area is 160 Å². The highest BCUT2D eigenvalue weighted by molar-refractivity contribution is 7.20. The number of hydrogen-bond donors (Lipinski definition) is 0. The number of rotatable bonds is 3. The lowest BCUT2D eigenvalue weighted by Gasteiger charge is -2.27. The van der Waals surface area contributed by atoms with Crippen molar-refractivity contribution in [3.63, 3.8) is 0 Å². The Balaban J connectivity index is 1.67. The molecular formula is C20H20N2O4S. The Morgan fingerprint density at radius 2 is 1.81 bits per heavy atom. The number of ether oxygens (including phenoxy) is 2. The van der Waals surface area contributed by atoms with Crippen molar-refractivity contribution in [3.05, 3.63) is 52.5 Å². The zero-order chi connectivity index (χ0) is 19.0. The van der Waals surface area contributed by atoms with Crippen LogP contribution in [0.15, 0.2) is 36.4 Å².